The Bertz CT molecular complexity index is 396. The van der Waals surface area contributed by atoms with Gasteiger partial charge in [-0.3, -0.25) is 4.79 Å². The van der Waals surface area contributed by atoms with Crippen LogP contribution in [0.25, 0.3) is 0 Å². The first kappa shape index (κ1) is 16.4. The van der Waals surface area contributed by atoms with Gasteiger partial charge in [0.2, 0.25) is 15.9 Å². The third kappa shape index (κ3) is 4.43. The minimum atomic E-state index is -3.48. The highest BCUT2D eigenvalue weighted by Gasteiger charge is 2.29. The Kier molecular flexibility index (Phi) is 5.76. The molecule has 0 radical (unpaired) electrons. The molecule has 7 heteroatoms. The van der Waals surface area contributed by atoms with Crippen LogP contribution in [0.1, 0.15) is 27.7 Å². The van der Waals surface area contributed by atoms with Crippen molar-refractivity contribution in [2.24, 2.45) is 0 Å². The summed E-state index contributed by atoms with van der Waals surface area (Å²) < 4.78 is 25.5. The first-order valence-electron chi connectivity index (χ1n) is 6.81. The maximum Gasteiger partial charge on any atom is 0.239 e. The van der Waals surface area contributed by atoms with Crippen molar-refractivity contribution in [3.05, 3.63) is 0 Å². The molecule has 6 nitrogen and oxygen atoms in total. The molecule has 0 aliphatic carbocycles. The van der Waals surface area contributed by atoms with Crippen molar-refractivity contribution < 1.29 is 13.2 Å². The molecule has 0 aromatic heterocycles. The topological polar surface area (TPSA) is 69.7 Å². The van der Waals surface area contributed by atoms with Crippen molar-refractivity contribution in [1.29, 1.82) is 0 Å². The third-order valence-corrected chi connectivity index (χ3v) is 5.23. The number of rotatable bonds is 5. The van der Waals surface area contributed by atoms with E-state index >= 15 is 0 Å². The second-order valence-electron chi connectivity index (χ2n) is 5.11. The lowest BCUT2D eigenvalue weighted by molar-refractivity contribution is -0.130. The molecular weight excluding hydrogens is 266 g/mol. The molecule has 0 bridgehead atoms. The minimum Gasteiger partial charge on any atom is -0.339 e. The second kappa shape index (κ2) is 6.67. The van der Waals surface area contributed by atoms with E-state index in [4.69, 9.17) is 0 Å². The number of piperazine rings is 1. The number of carbonyl (C=O) groups excluding carboxylic acids is 1. The third-order valence-electron chi connectivity index (χ3n) is 3.31. The van der Waals surface area contributed by atoms with Crippen molar-refractivity contribution in [3.8, 4) is 0 Å². The molecule has 1 heterocycles. The van der Waals surface area contributed by atoms with E-state index in [0.717, 1.165) is 0 Å². The summed E-state index contributed by atoms with van der Waals surface area (Å²) in [6.45, 7) is 9.49. The molecular formula is C12H25N3O3S. The van der Waals surface area contributed by atoms with Gasteiger partial charge in [-0.15, -0.1) is 0 Å². The molecule has 0 spiro atoms. The smallest absolute Gasteiger partial charge is 0.239 e. The number of sulfonamides is 1. The van der Waals surface area contributed by atoms with Crippen LogP contribution >= 0.6 is 0 Å². The fraction of sp³-hybridized carbons (Fsp3) is 0.917. The van der Waals surface area contributed by atoms with Gasteiger partial charge in [-0.05, 0) is 13.8 Å². The highest BCUT2D eigenvalue weighted by atomic mass is 32.2. The summed E-state index contributed by atoms with van der Waals surface area (Å²) in [5, 5.41) is 3.32. The molecule has 1 rings (SSSR count). The number of amides is 1. The summed E-state index contributed by atoms with van der Waals surface area (Å²) in [5.41, 5.74) is 0. The molecule has 0 saturated carbocycles. The molecule has 112 valence electrons. The SMILES string of the molecule is CCN(CC)S(=O)(=O)CC(=O)N1C[C@@H](C)N[C@H](C)C1. The Balaban J connectivity index is 2.69. The van der Waals surface area contributed by atoms with Crippen molar-refractivity contribution in [3.63, 3.8) is 0 Å². The molecule has 1 amide bonds. The van der Waals surface area contributed by atoms with Gasteiger partial charge in [0.1, 0.15) is 5.75 Å². The first-order valence-corrected chi connectivity index (χ1v) is 8.42. The maximum absolute atomic E-state index is 12.1. The van der Waals surface area contributed by atoms with E-state index < -0.39 is 15.8 Å². The quantitative estimate of drug-likeness (QED) is 0.766. The van der Waals surface area contributed by atoms with Crippen LogP contribution in [-0.2, 0) is 14.8 Å². The average molecular weight is 291 g/mol. The highest BCUT2D eigenvalue weighted by molar-refractivity contribution is 7.89. The van der Waals surface area contributed by atoms with Gasteiger partial charge in [-0.1, -0.05) is 13.8 Å². The van der Waals surface area contributed by atoms with E-state index in [1.165, 1.54) is 4.31 Å². The molecule has 1 N–H and O–H groups in total. The summed E-state index contributed by atoms with van der Waals surface area (Å²) in [6.07, 6.45) is 0. The van der Waals surface area contributed by atoms with Crippen LogP contribution in [-0.4, -0.2) is 67.5 Å². The minimum absolute atomic E-state index is 0.198. The Morgan fingerprint density at radius 3 is 2.11 bits per heavy atom. The molecule has 0 aromatic rings. The first-order chi connectivity index (χ1) is 8.80. The summed E-state index contributed by atoms with van der Waals surface area (Å²) in [4.78, 5) is 13.8. The van der Waals surface area contributed by atoms with Gasteiger partial charge in [-0.2, -0.15) is 0 Å². The largest absolute Gasteiger partial charge is 0.339 e. The van der Waals surface area contributed by atoms with E-state index in [-0.39, 0.29) is 18.0 Å². The molecule has 1 aliphatic rings. The molecule has 1 saturated heterocycles. The number of nitrogens with one attached hydrogen (secondary N) is 1. The Hall–Kier alpha value is -0.660. The van der Waals surface area contributed by atoms with Gasteiger partial charge in [0.05, 0.1) is 0 Å². The lowest BCUT2D eigenvalue weighted by atomic mass is 10.1. The van der Waals surface area contributed by atoms with Gasteiger partial charge < -0.3 is 10.2 Å². The standard InChI is InChI=1S/C12H25N3O3S/c1-5-15(6-2)19(17,18)9-12(16)14-7-10(3)13-11(4)8-14/h10-11,13H,5-9H2,1-4H3/t10-,11-/m1/s1. The lowest BCUT2D eigenvalue weighted by Crippen LogP contribution is -2.57. The number of hydrogen-bond donors (Lipinski definition) is 1. The van der Waals surface area contributed by atoms with Crippen molar-refractivity contribution in [2.45, 2.75) is 39.8 Å². The summed E-state index contributed by atoms with van der Waals surface area (Å²) in [5.74, 6) is -0.721. The zero-order chi connectivity index (χ0) is 14.6. The Morgan fingerprint density at radius 2 is 1.68 bits per heavy atom. The zero-order valence-corrected chi connectivity index (χ0v) is 13.0. The van der Waals surface area contributed by atoms with Crippen molar-refractivity contribution >= 4 is 15.9 Å². The van der Waals surface area contributed by atoms with Crippen LogP contribution in [0.4, 0.5) is 0 Å². The van der Waals surface area contributed by atoms with Gasteiger partial charge in [0.25, 0.3) is 0 Å². The predicted octanol–water partition coefficient (Wildman–Crippen LogP) is -0.133. The number of nitrogens with zero attached hydrogens (tertiary/aromatic N) is 2. The molecule has 1 aliphatic heterocycles. The molecule has 0 unspecified atom stereocenters. The Morgan fingerprint density at radius 1 is 1.21 bits per heavy atom. The van der Waals surface area contributed by atoms with Crippen LogP contribution in [0.5, 0.6) is 0 Å². The fourth-order valence-electron chi connectivity index (χ4n) is 2.49. The number of hydrogen-bond acceptors (Lipinski definition) is 4. The van der Waals surface area contributed by atoms with Gasteiger partial charge in [-0.25, -0.2) is 12.7 Å². The van der Waals surface area contributed by atoms with Gasteiger partial charge in [0.15, 0.2) is 0 Å². The van der Waals surface area contributed by atoms with E-state index in [0.29, 0.717) is 26.2 Å². The number of carbonyl (C=O) groups is 1. The van der Waals surface area contributed by atoms with Crippen LogP contribution in [0, 0.1) is 0 Å². The van der Waals surface area contributed by atoms with Crippen LogP contribution in [0.2, 0.25) is 0 Å². The van der Waals surface area contributed by atoms with E-state index in [2.05, 4.69) is 5.32 Å². The normalized spacial score (nSPS) is 24.8. The van der Waals surface area contributed by atoms with Crippen LogP contribution < -0.4 is 5.32 Å². The summed E-state index contributed by atoms with van der Waals surface area (Å²) in [6, 6.07) is 0.396. The average Bonchev–Trinajstić information content (AvgIpc) is 2.28. The summed E-state index contributed by atoms with van der Waals surface area (Å²) >= 11 is 0. The van der Waals surface area contributed by atoms with Gasteiger partial charge >= 0.3 is 0 Å². The van der Waals surface area contributed by atoms with Crippen LogP contribution in [0.3, 0.4) is 0 Å². The Labute approximate surface area is 116 Å². The zero-order valence-electron chi connectivity index (χ0n) is 12.2. The fourth-order valence-corrected chi connectivity index (χ4v) is 3.95. The molecule has 0 aromatic carbocycles. The van der Waals surface area contributed by atoms with Crippen LogP contribution in [0.15, 0.2) is 0 Å². The molecule has 2 atom stereocenters. The van der Waals surface area contributed by atoms with Gasteiger partial charge in [0, 0.05) is 38.3 Å². The molecule has 1 fully saturated rings. The monoisotopic (exact) mass is 291 g/mol. The van der Waals surface area contributed by atoms with Crippen molar-refractivity contribution in [2.75, 3.05) is 31.9 Å². The molecule has 19 heavy (non-hydrogen) atoms. The predicted molar refractivity (Wildman–Crippen MR) is 75.3 cm³/mol. The van der Waals surface area contributed by atoms with E-state index in [1.54, 1.807) is 18.7 Å². The van der Waals surface area contributed by atoms with E-state index in [1.807, 2.05) is 13.8 Å². The highest BCUT2D eigenvalue weighted by Crippen LogP contribution is 2.08. The van der Waals surface area contributed by atoms with E-state index in [9.17, 15) is 13.2 Å². The van der Waals surface area contributed by atoms with Crippen molar-refractivity contribution in [1.82, 2.24) is 14.5 Å². The lowest BCUT2D eigenvalue weighted by Gasteiger charge is -2.36. The summed E-state index contributed by atoms with van der Waals surface area (Å²) in [7, 11) is -3.48. The second-order valence-corrected chi connectivity index (χ2v) is 7.08. The maximum atomic E-state index is 12.1.